The zero-order valence-electron chi connectivity index (χ0n) is 12.6. The topological polar surface area (TPSA) is 98.5 Å². The molecule has 130 valence electrons. The van der Waals surface area contributed by atoms with Crippen molar-refractivity contribution in [3.63, 3.8) is 0 Å². The van der Waals surface area contributed by atoms with E-state index < -0.39 is 32.7 Å². The molecule has 0 saturated heterocycles. The quantitative estimate of drug-likeness (QED) is 0.355. The number of hydrogen-bond acceptors (Lipinski definition) is 5. The largest absolute Gasteiger partial charge is 0.452 e. The number of nitro benzene ring substituents is 1. The maximum absolute atomic E-state index is 12.1. The molecule has 0 aromatic heterocycles. The highest BCUT2D eigenvalue weighted by Crippen LogP contribution is 2.64. The van der Waals surface area contributed by atoms with Crippen LogP contribution >= 0.6 is 34.8 Å². The summed E-state index contributed by atoms with van der Waals surface area (Å²) in [4.78, 5) is 34.1. The third-order valence-corrected chi connectivity index (χ3v) is 5.20. The van der Waals surface area contributed by atoms with Crippen molar-refractivity contribution in [2.24, 2.45) is 5.41 Å². The van der Waals surface area contributed by atoms with Gasteiger partial charge in [-0.05, 0) is 19.9 Å². The molecule has 24 heavy (non-hydrogen) atoms. The van der Waals surface area contributed by atoms with Gasteiger partial charge in [0.25, 0.3) is 11.6 Å². The van der Waals surface area contributed by atoms with Crippen LogP contribution < -0.4 is 5.32 Å². The summed E-state index contributed by atoms with van der Waals surface area (Å²) in [5, 5.41) is 13.1. The van der Waals surface area contributed by atoms with E-state index in [0.29, 0.717) is 0 Å². The van der Waals surface area contributed by atoms with E-state index in [4.69, 9.17) is 39.5 Å². The van der Waals surface area contributed by atoms with Crippen LogP contribution in [0.4, 0.5) is 11.4 Å². The number of nitrogens with one attached hydrogen (secondary N) is 1. The highest BCUT2D eigenvalue weighted by atomic mass is 35.5. The Kier molecular flexibility index (Phi) is 4.99. The number of alkyl halides is 2. The molecule has 1 aliphatic carbocycles. The minimum absolute atomic E-state index is 0.00855. The van der Waals surface area contributed by atoms with Crippen LogP contribution in [0.5, 0.6) is 0 Å². The number of ether oxygens (including phenoxy) is 1. The number of benzene rings is 1. The monoisotopic (exact) mass is 394 g/mol. The Morgan fingerprint density at radius 2 is 2.00 bits per heavy atom. The van der Waals surface area contributed by atoms with Gasteiger partial charge < -0.3 is 10.1 Å². The Labute approximate surface area is 152 Å². The van der Waals surface area contributed by atoms with Gasteiger partial charge in [0.15, 0.2) is 6.10 Å². The van der Waals surface area contributed by atoms with Crippen molar-refractivity contribution in [3.8, 4) is 0 Å². The van der Waals surface area contributed by atoms with E-state index in [1.54, 1.807) is 6.92 Å². The van der Waals surface area contributed by atoms with Gasteiger partial charge in [0, 0.05) is 18.6 Å². The molecule has 2 atom stereocenters. The van der Waals surface area contributed by atoms with E-state index in [9.17, 15) is 19.7 Å². The summed E-state index contributed by atoms with van der Waals surface area (Å²) in [7, 11) is 0. The van der Waals surface area contributed by atoms with E-state index in [1.165, 1.54) is 19.1 Å². The van der Waals surface area contributed by atoms with Gasteiger partial charge in [-0.15, -0.1) is 23.2 Å². The SMILES string of the molecule is CC(OC(=O)C1(C)CC1(Cl)Cl)C(=O)Nc1ccc([N+](=O)[O-])cc1Cl. The highest BCUT2D eigenvalue weighted by Gasteiger charge is 2.69. The molecule has 2 unspecified atom stereocenters. The maximum atomic E-state index is 12.1. The number of nitro groups is 1. The van der Waals surface area contributed by atoms with Gasteiger partial charge in [-0.2, -0.15) is 0 Å². The predicted octanol–water partition coefficient (Wildman–Crippen LogP) is 3.70. The third-order valence-electron chi connectivity index (χ3n) is 3.78. The lowest BCUT2D eigenvalue weighted by Gasteiger charge is -2.17. The molecule has 10 heteroatoms. The zero-order valence-corrected chi connectivity index (χ0v) is 14.9. The molecule has 1 aromatic carbocycles. The Bertz CT molecular complexity index is 724. The molecule has 0 aliphatic heterocycles. The zero-order chi connectivity index (χ0) is 18.3. The molecule has 0 spiro atoms. The number of amides is 1. The van der Waals surface area contributed by atoms with Gasteiger partial charge in [0.1, 0.15) is 9.75 Å². The third kappa shape index (κ3) is 3.58. The van der Waals surface area contributed by atoms with Crippen molar-refractivity contribution in [2.45, 2.75) is 30.7 Å². The van der Waals surface area contributed by atoms with Gasteiger partial charge in [0.05, 0.1) is 15.6 Å². The summed E-state index contributed by atoms with van der Waals surface area (Å²) in [5.74, 6) is -1.32. The van der Waals surface area contributed by atoms with Crippen molar-refractivity contribution in [3.05, 3.63) is 33.3 Å². The van der Waals surface area contributed by atoms with E-state index >= 15 is 0 Å². The second-order valence-electron chi connectivity index (χ2n) is 5.67. The molecular weight excluding hydrogens is 383 g/mol. The van der Waals surface area contributed by atoms with Gasteiger partial charge in [-0.1, -0.05) is 11.6 Å². The van der Waals surface area contributed by atoms with Crippen LogP contribution in [0, 0.1) is 15.5 Å². The highest BCUT2D eigenvalue weighted by molar-refractivity contribution is 6.53. The van der Waals surface area contributed by atoms with Crippen molar-refractivity contribution >= 4 is 58.1 Å². The van der Waals surface area contributed by atoms with Gasteiger partial charge >= 0.3 is 5.97 Å². The Balaban J connectivity index is 2.00. The lowest BCUT2D eigenvalue weighted by molar-refractivity contribution is -0.384. The van der Waals surface area contributed by atoms with Gasteiger partial charge in [-0.25, -0.2) is 0 Å². The molecule has 1 amide bonds. The van der Waals surface area contributed by atoms with E-state index in [0.717, 1.165) is 6.07 Å². The molecule has 1 aromatic rings. The number of halogens is 3. The summed E-state index contributed by atoms with van der Waals surface area (Å²) >= 11 is 17.7. The number of non-ortho nitro benzene ring substituents is 1. The molecule has 2 rings (SSSR count). The number of rotatable bonds is 5. The average molecular weight is 396 g/mol. The van der Waals surface area contributed by atoms with Crippen molar-refractivity contribution < 1.29 is 19.2 Å². The normalized spacial score (nSPS) is 22.4. The molecule has 1 fully saturated rings. The van der Waals surface area contributed by atoms with E-state index in [2.05, 4.69) is 5.32 Å². The standard InChI is InChI=1S/C14H13Cl3N2O5/c1-7(24-12(21)13(2)6-14(13,16)17)11(20)18-10-4-3-8(19(22)23)5-9(10)15/h3-5,7H,6H2,1-2H3,(H,18,20). The lowest BCUT2D eigenvalue weighted by Crippen LogP contribution is -2.33. The summed E-state index contributed by atoms with van der Waals surface area (Å²) in [6, 6.07) is 3.59. The minimum atomic E-state index is -1.19. The lowest BCUT2D eigenvalue weighted by atomic mass is 10.1. The Hall–Kier alpha value is -1.57. The fraction of sp³-hybridized carbons (Fsp3) is 0.429. The molecule has 0 radical (unpaired) electrons. The smallest absolute Gasteiger partial charge is 0.315 e. The molecule has 7 nitrogen and oxygen atoms in total. The first-order valence-corrected chi connectivity index (χ1v) is 7.95. The van der Waals surface area contributed by atoms with Crippen LogP contribution in [0.3, 0.4) is 0 Å². The van der Waals surface area contributed by atoms with Gasteiger partial charge in [0.2, 0.25) is 0 Å². The molecule has 0 bridgehead atoms. The second kappa shape index (κ2) is 6.38. The van der Waals surface area contributed by atoms with Crippen LogP contribution in [0.25, 0.3) is 0 Å². The van der Waals surface area contributed by atoms with Crippen LogP contribution in [0.1, 0.15) is 20.3 Å². The first-order valence-electron chi connectivity index (χ1n) is 6.81. The van der Waals surface area contributed by atoms with Crippen LogP contribution in [0.2, 0.25) is 5.02 Å². The van der Waals surface area contributed by atoms with Crippen LogP contribution in [0.15, 0.2) is 18.2 Å². The van der Waals surface area contributed by atoms with Crippen molar-refractivity contribution in [2.75, 3.05) is 5.32 Å². The van der Waals surface area contributed by atoms with Crippen molar-refractivity contribution in [1.29, 1.82) is 0 Å². The second-order valence-corrected chi connectivity index (χ2v) is 7.56. The summed E-state index contributed by atoms with van der Waals surface area (Å²) in [6.07, 6.45) is -0.880. The molecule has 0 heterocycles. The predicted molar refractivity (Wildman–Crippen MR) is 89.5 cm³/mol. The number of nitrogens with zero attached hydrogens (tertiary/aromatic N) is 1. The Morgan fingerprint density at radius 3 is 2.46 bits per heavy atom. The molecule has 1 N–H and O–H groups in total. The first-order chi connectivity index (χ1) is 11.0. The number of hydrogen-bond donors (Lipinski definition) is 1. The summed E-state index contributed by atoms with van der Waals surface area (Å²) in [6.45, 7) is 2.93. The van der Waals surface area contributed by atoms with Crippen LogP contribution in [-0.4, -0.2) is 27.2 Å². The van der Waals surface area contributed by atoms with E-state index in [-0.39, 0.29) is 22.8 Å². The van der Waals surface area contributed by atoms with Crippen molar-refractivity contribution in [1.82, 2.24) is 0 Å². The Morgan fingerprint density at radius 1 is 1.42 bits per heavy atom. The minimum Gasteiger partial charge on any atom is -0.452 e. The number of carbonyl (C=O) groups excluding carboxylic acids is 2. The van der Waals surface area contributed by atoms with Gasteiger partial charge in [-0.3, -0.25) is 19.7 Å². The number of carbonyl (C=O) groups is 2. The molecule has 1 saturated carbocycles. The number of esters is 1. The van der Waals surface area contributed by atoms with Crippen LogP contribution in [-0.2, 0) is 14.3 Å². The maximum Gasteiger partial charge on any atom is 0.315 e. The van der Waals surface area contributed by atoms with E-state index in [1.807, 2.05) is 0 Å². The fourth-order valence-electron chi connectivity index (χ4n) is 1.92. The average Bonchev–Trinajstić information content (AvgIpc) is 3.00. The molecule has 1 aliphatic rings. The molecular formula is C14H13Cl3N2O5. The first kappa shape index (κ1) is 18.8. The summed E-state index contributed by atoms with van der Waals surface area (Å²) in [5.41, 5.74) is -1.09. The number of anilines is 1. The fourth-order valence-corrected chi connectivity index (χ4v) is 2.83. The summed E-state index contributed by atoms with van der Waals surface area (Å²) < 4.78 is 3.89.